The number of halogens is 2. The van der Waals surface area contributed by atoms with E-state index in [1.54, 1.807) is 13.8 Å². The lowest BCUT2D eigenvalue weighted by Gasteiger charge is -2.33. The van der Waals surface area contributed by atoms with E-state index in [2.05, 4.69) is 5.32 Å². The minimum Gasteiger partial charge on any atom is -0.495 e. The Morgan fingerprint density at radius 2 is 1.79 bits per heavy atom. The molecule has 186 valence electrons. The van der Waals surface area contributed by atoms with E-state index in [1.807, 2.05) is 0 Å². The number of methoxy groups -OCH3 is 1. The van der Waals surface area contributed by atoms with Gasteiger partial charge in [-0.3, -0.25) is 13.9 Å². The van der Waals surface area contributed by atoms with Gasteiger partial charge in [0.1, 0.15) is 24.2 Å². The number of hydrogen-bond acceptors (Lipinski definition) is 5. The van der Waals surface area contributed by atoms with Gasteiger partial charge in [-0.1, -0.05) is 30.7 Å². The highest BCUT2D eigenvalue weighted by atomic mass is 35.5. The summed E-state index contributed by atoms with van der Waals surface area (Å²) < 4.78 is 44.9. The lowest BCUT2D eigenvalue weighted by atomic mass is 10.1. The van der Waals surface area contributed by atoms with Gasteiger partial charge in [0.15, 0.2) is 0 Å². The molecule has 34 heavy (non-hydrogen) atoms. The zero-order valence-corrected chi connectivity index (χ0v) is 21.1. The minimum atomic E-state index is -3.94. The smallest absolute Gasteiger partial charge is 0.244 e. The van der Waals surface area contributed by atoms with E-state index in [9.17, 15) is 22.4 Å². The molecule has 0 fully saturated rings. The van der Waals surface area contributed by atoms with Crippen molar-refractivity contribution in [1.29, 1.82) is 0 Å². The number of benzene rings is 2. The maximum atomic E-state index is 13.5. The van der Waals surface area contributed by atoms with Crippen molar-refractivity contribution >= 4 is 39.1 Å². The summed E-state index contributed by atoms with van der Waals surface area (Å²) in [6, 6.07) is 9.09. The summed E-state index contributed by atoms with van der Waals surface area (Å²) in [6.07, 6.45) is 1.25. The summed E-state index contributed by atoms with van der Waals surface area (Å²) in [4.78, 5) is 27.6. The number of carbonyl (C=O) groups excluding carboxylic acids is 2. The van der Waals surface area contributed by atoms with E-state index in [4.69, 9.17) is 16.3 Å². The van der Waals surface area contributed by atoms with Gasteiger partial charge < -0.3 is 15.0 Å². The van der Waals surface area contributed by atoms with Crippen molar-refractivity contribution in [2.75, 3.05) is 30.8 Å². The Bertz CT molecular complexity index is 1110. The van der Waals surface area contributed by atoms with Crippen molar-refractivity contribution in [1.82, 2.24) is 10.2 Å². The number of rotatable bonds is 11. The van der Waals surface area contributed by atoms with Crippen molar-refractivity contribution in [2.24, 2.45) is 0 Å². The molecule has 0 spiro atoms. The van der Waals surface area contributed by atoms with Crippen molar-refractivity contribution in [3.05, 3.63) is 58.9 Å². The van der Waals surface area contributed by atoms with E-state index >= 15 is 0 Å². The van der Waals surface area contributed by atoms with Gasteiger partial charge in [0, 0.05) is 18.1 Å². The maximum Gasteiger partial charge on any atom is 0.244 e. The Morgan fingerprint density at radius 1 is 1.15 bits per heavy atom. The van der Waals surface area contributed by atoms with Crippen LogP contribution in [0.5, 0.6) is 5.75 Å². The number of hydrogen-bond donors (Lipinski definition) is 1. The fourth-order valence-corrected chi connectivity index (χ4v) is 4.46. The van der Waals surface area contributed by atoms with Crippen LogP contribution in [0.15, 0.2) is 42.5 Å². The first-order chi connectivity index (χ1) is 16.0. The second-order valence-corrected chi connectivity index (χ2v) is 9.90. The molecule has 2 aromatic rings. The van der Waals surface area contributed by atoms with Gasteiger partial charge in [0.25, 0.3) is 0 Å². The Hall–Kier alpha value is -2.85. The molecule has 2 amide bonds. The third kappa shape index (κ3) is 7.07. The SMILES string of the molecule is CCNC(=O)[C@@H](CC)N(Cc1ccc(F)cc1)C(=O)CN(c1cc(Cl)ccc1OC)S(C)(=O)=O. The van der Waals surface area contributed by atoms with Crippen molar-refractivity contribution in [2.45, 2.75) is 32.9 Å². The first kappa shape index (κ1) is 27.4. The van der Waals surface area contributed by atoms with Crippen LogP contribution in [0.25, 0.3) is 0 Å². The monoisotopic (exact) mass is 513 g/mol. The van der Waals surface area contributed by atoms with Crippen LogP contribution in [0.1, 0.15) is 25.8 Å². The summed E-state index contributed by atoms with van der Waals surface area (Å²) in [5, 5.41) is 2.96. The zero-order valence-electron chi connectivity index (χ0n) is 19.5. The molecule has 0 saturated carbocycles. The van der Waals surface area contributed by atoms with Crippen LogP contribution in [0, 0.1) is 5.82 Å². The highest BCUT2D eigenvalue weighted by Crippen LogP contribution is 2.33. The highest BCUT2D eigenvalue weighted by molar-refractivity contribution is 7.92. The lowest BCUT2D eigenvalue weighted by molar-refractivity contribution is -0.140. The van der Waals surface area contributed by atoms with Gasteiger partial charge >= 0.3 is 0 Å². The molecule has 0 aliphatic carbocycles. The number of nitrogens with zero attached hydrogens (tertiary/aromatic N) is 2. The van der Waals surface area contributed by atoms with Crippen molar-refractivity contribution in [3.63, 3.8) is 0 Å². The van der Waals surface area contributed by atoms with Gasteiger partial charge in [0.05, 0.1) is 19.1 Å². The molecule has 0 radical (unpaired) electrons. The molecule has 0 saturated heterocycles. The molecule has 1 atom stereocenters. The summed E-state index contributed by atoms with van der Waals surface area (Å²) in [5.41, 5.74) is 0.683. The third-order valence-corrected chi connectivity index (χ3v) is 6.45. The molecule has 11 heteroatoms. The fraction of sp³-hybridized carbons (Fsp3) is 0.391. The minimum absolute atomic E-state index is 0.0148. The predicted octanol–water partition coefficient (Wildman–Crippen LogP) is 3.20. The molecular formula is C23H29ClFN3O5S. The molecule has 0 aliphatic rings. The average molecular weight is 514 g/mol. The van der Waals surface area contributed by atoms with E-state index in [0.717, 1.165) is 10.6 Å². The van der Waals surface area contributed by atoms with Crippen molar-refractivity contribution < 1.29 is 27.1 Å². The van der Waals surface area contributed by atoms with Gasteiger partial charge in [-0.25, -0.2) is 12.8 Å². The van der Waals surface area contributed by atoms with E-state index < -0.39 is 34.3 Å². The molecule has 1 N–H and O–H groups in total. The zero-order chi connectivity index (χ0) is 25.5. The van der Waals surface area contributed by atoms with Crippen LogP contribution in [-0.2, 0) is 26.2 Å². The number of ether oxygens (including phenoxy) is 1. The first-order valence-electron chi connectivity index (χ1n) is 10.6. The normalized spacial score (nSPS) is 12.1. The topological polar surface area (TPSA) is 96.0 Å². The predicted molar refractivity (Wildman–Crippen MR) is 130 cm³/mol. The summed E-state index contributed by atoms with van der Waals surface area (Å²) in [6.45, 7) is 3.27. The number of likely N-dealkylation sites (N-methyl/N-ethyl adjacent to an activating group) is 1. The number of sulfonamides is 1. The van der Waals surface area contributed by atoms with Gasteiger partial charge in [0.2, 0.25) is 21.8 Å². The summed E-state index contributed by atoms with van der Waals surface area (Å²) in [7, 11) is -2.57. The molecule has 0 bridgehead atoms. The van der Waals surface area contributed by atoms with Gasteiger partial charge in [-0.15, -0.1) is 0 Å². The second kappa shape index (κ2) is 12.0. The number of carbonyl (C=O) groups is 2. The Balaban J connectivity index is 2.49. The summed E-state index contributed by atoms with van der Waals surface area (Å²) >= 11 is 6.08. The molecular weight excluding hydrogens is 485 g/mol. The fourth-order valence-electron chi connectivity index (χ4n) is 3.45. The lowest BCUT2D eigenvalue weighted by Crippen LogP contribution is -2.52. The molecule has 2 aromatic carbocycles. The average Bonchev–Trinajstić information content (AvgIpc) is 2.78. The molecule has 0 heterocycles. The Morgan fingerprint density at radius 3 is 2.32 bits per heavy atom. The molecule has 2 rings (SSSR count). The van der Waals surface area contributed by atoms with Crippen LogP contribution in [-0.4, -0.2) is 57.6 Å². The van der Waals surface area contributed by atoms with E-state index in [1.165, 1.54) is 54.5 Å². The van der Waals surface area contributed by atoms with Gasteiger partial charge in [-0.05, 0) is 49.2 Å². The van der Waals surface area contributed by atoms with Crippen LogP contribution in [0.4, 0.5) is 10.1 Å². The van der Waals surface area contributed by atoms with Crippen LogP contribution < -0.4 is 14.4 Å². The Labute approximate surface area is 204 Å². The second-order valence-electron chi connectivity index (χ2n) is 7.55. The Kier molecular flexibility index (Phi) is 9.69. The van der Waals surface area contributed by atoms with Crippen LogP contribution in [0.2, 0.25) is 5.02 Å². The van der Waals surface area contributed by atoms with Crippen LogP contribution in [0.3, 0.4) is 0 Å². The number of anilines is 1. The summed E-state index contributed by atoms with van der Waals surface area (Å²) in [5.74, 6) is -1.21. The molecule has 0 aliphatic heterocycles. The quantitative estimate of drug-likeness (QED) is 0.498. The van der Waals surface area contributed by atoms with Gasteiger partial charge in [-0.2, -0.15) is 0 Å². The maximum absolute atomic E-state index is 13.5. The molecule has 0 aromatic heterocycles. The largest absolute Gasteiger partial charge is 0.495 e. The van der Waals surface area contributed by atoms with E-state index in [-0.39, 0.29) is 35.3 Å². The highest BCUT2D eigenvalue weighted by Gasteiger charge is 2.32. The first-order valence-corrected chi connectivity index (χ1v) is 12.9. The molecule has 8 nitrogen and oxygen atoms in total. The molecule has 0 unspecified atom stereocenters. The standard InChI is InChI=1S/C23H29ClFN3O5S/c1-5-19(23(30)26-6-2)27(14-16-7-10-18(25)11-8-16)22(29)15-28(34(4,31)32)20-13-17(24)9-12-21(20)33-3/h7-13,19H,5-6,14-15H2,1-4H3,(H,26,30)/t19-/m1/s1. The number of nitrogens with one attached hydrogen (secondary N) is 1. The third-order valence-electron chi connectivity index (χ3n) is 5.09. The van der Waals surface area contributed by atoms with E-state index in [0.29, 0.717) is 12.1 Å². The van der Waals surface area contributed by atoms with Crippen molar-refractivity contribution in [3.8, 4) is 5.75 Å². The number of amides is 2. The van der Waals surface area contributed by atoms with Crippen LogP contribution >= 0.6 is 11.6 Å².